The van der Waals surface area contributed by atoms with Crippen LogP contribution in [0, 0.1) is 6.92 Å². The molecule has 1 fully saturated rings. The molecule has 31 heavy (non-hydrogen) atoms. The number of amides is 4. The third kappa shape index (κ3) is 3.92. The summed E-state index contributed by atoms with van der Waals surface area (Å²) in [5, 5.41) is 4.06. The van der Waals surface area contributed by atoms with E-state index in [9.17, 15) is 14.4 Å². The number of nitrogens with zero attached hydrogens (tertiary/aromatic N) is 1. The number of aryl methyl sites for hydroxylation is 1. The zero-order chi connectivity index (χ0) is 22.1. The van der Waals surface area contributed by atoms with Crippen LogP contribution >= 0.6 is 0 Å². The van der Waals surface area contributed by atoms with Crippen molar-refractivity contribution in [3.63, 3.8) is 0 Å². The highest BCUT2D eigenvalue weighted by molar-refractivity contribution is 6.39. The standard InChI is InChI=1S/C25H22N2O4/c1-15(2)31-22-12-11-17-8-4-5-10-19(17)20(22)14-21-23(28)26-25(30)27(24(21)29)18-9-6-7-16(3)13-18/h4-15H,1-3H3,(H,26,28,30)/b21-14+. The maximum Gasteiger partial charge on any atom is 0.335 e. The summed E-state index contributed by atoms with van der Waals surface area (Å²) in [6, 6.07) is 17.6. The molecule has 0 radical (unpaired) electrons. The number of nitrogens with one attached hydrogen (secondary N) is 1. The Morgan fingerprint density at radius 2 is 1.74 bits per heavy atom. The minimum atomic E-state index is -0.769. The van der Waals surface area contributed by atoms with Gasteiger partial charge in [-0.2, -0.15) is 0 Å². The Balaban J connectivity index is 1.87. The van der Waals surface area contributed by atoms with Gasteiger partial charge in [0.25, 0.3) is 11.8 Å². The van der Waals surface area contributed by atoms with E-state index >= 15 is 0 Å². The van der Waals surface area contributed by atoms with Crippen LogP contribution in [-0.2, 0) is 9.59 Å². The van der Waals surface area contributed by atoms with Gasteiger partial charge in [-0.25, -0.2) is 9.69 Å². The van der Waals surface area contributed by atoms with Gasteiger partial charge in [-0.15, -0.1) is 0 Å². The lowest BCUT2D eigenvalue weighted by atomic mass is 9.99. The second-order valence-electron chi connectivity index (χ2n) is 7.66. The Hall–Kier alpha value is -3.93. The van der Waals surface area contributed by atoms with Crippen molar-refractivity contribution in [2.45, 2.75) is 26.9 Å². The molecule has 0 saturated carbocycles. The van der Waals surface area contributed by atoms with Crippen molar-refractivity contribution in [2.24, 2.45) is 0 Å². The highest BCUT2D eigenvalue weighted by Crippen LogP contribution is 2.32. The van der Waals surface area contributed by atoms with Gasteiger partial charge in [0.15, 0.2) is 0 Å². The number of hydrogen-bond acceptors (Lipinski definition) is 4. The SMILES string of the molecule is Cc1cccc(N2C(=O)NC(=O)/C(=C\c3c(OC(C)C)ccc4ccccc34)C2=O)c1. The molecule has 1 aliphatic rings. The summed E-state index contributed by atoms with van der Waals surface area (Å²) in [7, 11) is 0. The van der Waals surface area contributed by atoms with Crippen molar-refractivity contribution in [1.29, 1.82) is 0 Å². The van der Waals surface area contributed by atoms with Gasteiger partial charge >= 0.3 is 6.03 Å². The molecule has 1 saturated heterocycles. The molecule has 0 unspecified atom stereocenters. The Morgan fingerprint density at radius 1 is 0.968 bits per heavy atom. The molecule has 1 heterocycles. The first-order valence-corrected chi connectivity index (χ1v) is 10.0. The van der Waals surface area contributed by atoms with E-state index in [2.05, 4.69) is 5.32 Å². The van der Waals surface area contributed by atoms with Gasteiger partial charge in [0.1, 0.15) is 11.3 Å². The minimum Gasteiger partial charge on any atom is -0.490 e. The topological polar surface area (TPSA) is 75.7 Å². The van der Waals surface area contributed by atoms with Crippen LogP contribution in [0.4, 0.5) is 10.5 Å². The number of carbonyl (C=O) groups excluding carboxylic acids is 3. The highest BCUT2D eigenvalue weighted by atomic mass is 16.5. The maximum atomic E-state index is 13.3. The first-order valence-electron chi connectivity index (χ1n) is 10.0. The highest BCUT2D eigenvalue weighted by Gasteiger charge is 2.37. The molecule has 3 aromatic rings. The molecular formula is C25H22N2O4. The van der Waals surface area contributed by atoms with Crippen molar-refractivity contribution in [3.8, 4) is 5.75 Å². The number of anilines is 1. The number of barbiturate groups is 1. The molecule has 0 atom stereocenters. The fraction of sp³-hybridized carbons (Fsp3) is 0.160. The predicted molar refractivity (Wildman–Crippen MR) is 120 cm³/mol. The lowest BCUT2D eigenvalue weighted by Crippen LogP contribution is -2.54. The van der Waals surface area contributed by atoms with Crippen molar-refractivity contribution in [1.82, 2.24) is 5.32 Å². The molecule has 3 aromatic carbocycles. The summed E-state index contributed by atoms with van der Waals surface area (Å²) in [4.78, 5) is 39.4. The van der Waals surface area contributed by atoms with Crippen LogP contribution in [0.2, 0.25) is 0 Å². The minimum absolute atomic E-state index is 0.0976. The van der Waals surface area contributed by atoms with Crippen LogP contribution < -0.4 is 15.0 Å². The van der Waals surface area contributed by atoms with E-state index in [1.54, 1.807) is 18.2 Å². The molecule has 6 nitrogen and oxygen atoms in total. The number of carbonyl (C=O) groups is 3. The first kappa shape index (κ1) is 20.3. The summed E-state index contributed by atoms with van der Waals surface area (Å²) in [5.74, 6) is -0.856. The zero-order valence-electron chi connectivity index (χ0n) is 17.5. The van der Waals surface area contributed by atoms with Crippen molar-refractivity contribution in [3.05, 3.63) is 77.4 Å². The van der Waals surface area contributed by atoms with Crippen LogP contribution in [0.5, 0.6) is 5.75 Å². The molecule has 0 spiro atoms. The normalized spacial score (nSPS) is 15.7. The number of ether oxygens (including phenoxy) is 1. The van der Waals surface area contributed by atoms with Gasteiger partial charge < -0.3 is 4.74 Å². The number of hydrogen-bond donors (Lipinski definition) is 1. The molecular weight excluding hydrogens is 392 g/mol. The van der Waals surface area contributed by atoms with E-state index in [0.717, 1.165) is 21.2 Å². The van der Waals surface area contributed by atoms with Gasteiger partial charge in [0.2, 0.25) is 0 Å². The van der Waals surface area contributed by atoms with E-state index < -0.39 is 17.8 Å². The van der Waals surface area contributed by atoms with Crippen LogP contribution in [0.3, 0.4) is 0 Å². The number of imide groups is 2. The second kappa shape index (κ2) is 8.07. The molecule has 4 rings (SSSR count). The third-order valence-corrected chi connectivity index (χ3v) is 4.94. The Morgan fingerprint density at radius 3 is 2.48 bits per heavy atom. The lowest BCUT2D eigenvalue weighted by molar-refractivity contribution is -0.122. The smallest absolute Gasteiger partial charge is 0.335 e. The number of benzene rings is 3. The lowest BCUT2D eigenvalue weighted by Gasteiger charge is -2.27. The molecule has 156 valence electrons. The monoisotopic (exact) mass is 414 g/mol. The Labute approximate surface area is 180 Å². The van der Waals surface area contributed by atoms with E-state index in [-0.39, 0.29) is 11.7 Å². The van der Waals surface area contributed by atoms with Crippen molar-refractivity contribution in [2.75, 3.05) is 4.90 Å². The van der Waals surface area contributed by atoms with E-state index in [1.165, 1.54) is 6.08 Å². The average molecular weight is 414 g/mol. The molecule has 6 heteroatoms. The molecule has 1 N–H and O–H groups in total. The van der Waals surface area contributed by atoms with Gasteiger partial charge in [0, 0.05) is 5.56 Å². The molecule has 1 aliphatic heterocycles. The fourth-order valence-corrected chi connectivity index (χ4v) is 3.58. The van der Waals surface area contributed by atoms with E-state index in [1.807, 2.05) is 63.2 Å². The summed E-state index contributed by atoms with van der Waals surface area (Å²) < 4.78 is 5.95. The van der Waals surface area contributed by atoms with Crippen LogP contribution in [0.15, 0.2) is 66.2 Å². The van der Waals surface area contributed by atoms with Gasteiger partial charge in [-0.1, -0.05) is 42.5 Å². The third-order valence-electron chi connectivity index (χ3n) is 4.94. The van der Waals surface area contributed by atoms with Gasteiger partial charge in [0.05, 0.1) is 11.8 Å². The maximum absolute atomic E-state index is 13.3. The molecule has 0 aliphatic carbocycles. The molecule has 0 aromatic heterocycles. The van der Waals surface area contributed by atoms with Crippen LogP contribution in [0.1, 0.15) is 25.0 Å². The van der Waals surface area contributed by atoms with Gasteiger partial charge in [-0.05, 0) is 61.4 Å². The largest absolute Gasteiger partial charge is 0.490 e. The first-order chi connectivity index (χ1) is 14.8. The van der Waals surface area contributed by atoms with Gasteiger partial charge in [-0.3, -0.25) is 14.9 Å². The average Bonchev–Trinajstić information content (AvgIpc) is 2.71. The molecule has 0 bridgehead atoms. The number of fused-ring (bicyclic) bond motifs is 1. The second-order valence-corrected chi connectivity index (χ2v) is 7.66. The Bertz CT molecular complexity index is 1240. The van der Waals surface area contributed by atoms with E-state index in [0.29, 0.717) is 17.0 Å². The Kier molecular flexibility index (Phi) is 5.29. The fourth-order valence-electron chi connectivity index (χ4n) is 3.58. The summed E-state index contributed by atoms with van der Waals surface area (Å²) in [6.45, 7) is 5.68. The van der Waals surface area contributed by atoms with Crippen LogP contribution in [-0.4, -0.2) is 23.9 Å². The number of urea groups is 1. The summed E-state index contributed by atoms with van der Waals surface area (Å²) in [5.41, 5.74) is 1.77. The summed E-state index contributed by atoms with van der Waals surface area (Å²) >= 11 is 0. The zero-order valence-corrected chi connectivity index (χ0v) is 17.5. The summed E-state index contributed by atoms with van der Waals surface area (Å²) in [6.07, 6.45) is 1.41. The predicted octanol–water partition coefficient (Wildman–Crippen LogP) is 4.60. The number of rotatable bonds is 4. The van der Waals surface area contributed by atoms with Crippen molar-refractivity contribution < 1.29 is 19.1 Å². The molecule has 4 amide bonds. The quantitative estimate of drug-likeness (QED) is 0.500. The van der Waals surface area contributed by atoms with Crippen LogP contribution in [0.25, 0.3) is 16.8 Å². The van der Waals surface area contributed by atoms with E-state index in [4.69, 9.17) is 4.74 Å². The van der Waals surface area contributed by atoms with Crippen molar-refractivity contribution >= 4 is 40.4 Å².